The molecule has 0 aliphatic carbocycles. The third-order valence-electron chi connectivity index (χ3n) is 4.07. The monoisotopic (exact) mass is 239 g/mol. The molecule has 0 N–H and O–H groups in total. The quantitative estimate of drug-likeness (QED) is 0.663. The van der Waals surface area contributed by atoms with Crippen LogP contribution in [0.5, 0.6) is 0 Å². The highest BCUT2D eigenvalue weighted by atomic mass is 28.3. The Labute approximate surface area is 104 Å². The number of nitrogens with zero attached hydrogens (tertiary/aromatic N) is 1. The average Bonchev–Trinajstić information content (AvgIpc) is 2.53. The standard InChI is InChI=1S/C14H29NSi/c1-5-14(16(6-2)13(3)4)15-11-9-7-8-10-12-15/h14,16H,3,5-12H2,1-2,4H3. The summed E-state index contributed by atoms with van der Waals surface area (Å²) in [6, 6.07) is 1.38. The Hall–Kier alpha value is -0.0831. The van der Waals surface area contributed by atoms with Crippen LogP contribution >= 0.6 is 0 Å². The third kappa shape index (κ3) is 3.74. The van der Waals surface area contributed by atoms with Crippen LogP contribution < -0.4 is 0 Å². The summed E-state index contributed by atoms with van der Waals surface area (Å²) in [5, 5.41) is 1.51. The second-order valence-corrected chi connectivity index (χ2v) is 9.07. The summed E-state index contributed by atoms with van der Waals surface area (Å²) < 4.78 is 0. The van der Waals surface area contributed by atoms with Crippen LogP contribution in [-0.4, -0.2) is 32.5 Å². The molecule has 0 aromatic rings. The molecule has 0 bridgehead atoms. The minimum atomic E-state index is -0.763. The first-order valence-corrected chi connectivity index (χ1v) is 9.16. The van der Waals surface area contributed by atoms with E-state index in [1.165, 1.54) is 56.4 Å². The molecular weight excluding hydrogens is 210 g/mol. The van der Waals surface area contributed by atoms with Crippen molar-refractivity contribution in [2.75, 3.05) is 13.1 Å². The summed E-state index contributed by atoms with van der Waals surface area (Å²) in [7, 11) is -0.763. The van der Waals surface area contributed by atoms with E-state index in [4.69, 9.17) is 0 Å². The van der Waals surface area contributed by atoms with Gasteiger partial charge < -0.3 is 4.90 Å². The lowest BCUT2D eigenvalue weighted by molar-refractivity contribution is 0.251. The first-order chi connectivity index (χ1) is 7.70. The lowest BCUT2D eigenvalue weighted by Gasteiger charge is -2.35. The molecule has 0 aromatic heterocycles. The first kappa shape index (κ1) is 14.0. The van der Waals surface area contributed by atoms with Gasteiger partial charge in [-0.25, -0.2) is 0 Å². The van der Waals surface area contributed by atoms with Crippen molar-refractivity contribution in [3.8, 4) is 0 Å². The van der Waals surface area contributed by atoms with E-state index in [0.717, 1.165) is 5.67 Å². The zero-order valence-electron chi connectivity index (χ0n) is 11.5. The van der Waals surface area contributed by atoms with Crippen LogP contribution in [0.3, 0.4) is 0 Å². The van der Waals surface area contributed by atoms with Crippen molar-refractivity contribution >= 4 is 8.80 Å². The summed E-state index contributed by atoms with van der Waals surface area (Å²) >= 11 is 0. The van der Waals surface area contributed by atoms with Crippen LogP contribution in [0.1, 0.15) is 52.9 Å². The highest BCUT2D eigenvalue weighted by Crippen LogP contribution is 2.20. The molecule has 0 radical (unpaired) electrons. The van der Waals surface area contributed by atoms with E-state index in [2.05, 4.69) is 32.3 Å². The summed E-state index contributed by atoms with van der Waals surface area (Å²) in [6.07, 6.45) is 7.04. The van der Waals surface area contributed by atoms with Gasteiger partial charge in [-0.1, -0.05) is 37.9 Å². The van der Waals surface area contributed by atoms with Gasteiger partial charge in [0.05, 0.1) is 8.80 Å². The Balaban J connectivity index is 2.66. The molecule has 94 valence electrons. The molecule has 1 fully saturated rings. The molecule has 1 aliphatic rings. The fourth-order valence-corrected chi connectivity index (χ4v) is 6.45. The maximum absolute atomic E-state index is 4.25. The van der Waals surface area contributed by atoms with E-state index in [9.17, 15) is 0 Å². The maximum atomic E-state index is 4.25. The average molecular weight is 239 g/mol. The smallest absolute Gasteiger partial charge is 0.0830 e. The maximum Gasteiger partial charge on any atom is 0.0830 e. The largest absolute Gasteiger partial charge is 0.303 e. The Bertz CT molecular complexity index is 207. The number of likely N-dealkylation sites (tertiary alicyclic amines) is 1. The van der Waals surface area contributed by atoms with Crippen molar-refractivity contribution in [1.82, 2.24) is 4.90 Å². The van der Waals surface area contributed by atoms with E-state index >= 15 is 0 Å². The van der Waals surface area contributed by atoms with Gasteiger partial charge in [0.1, 0.15) is 0 Å². The van der Waals surface area contributed by atoms with Crippen LogP contribution in [0, 0.1) is 0 Å². The van der Waals surface area contributed by atoms with Crippen LogP contribution in [0.25, 0.3) is 0 Å². The van der Waals surface area contributed by atoms with E-state index in [-0.39, 0.29) is 0 Å². The lowest BCUT2D eigenvalue weighted by Crippen LogP contribution is -2.46. The van der Waals surface area contributed by atoms with Gasteiger partial charge in [-0.15, -0.1) is 6.58 Å². The molecule has 1 nitrogen and oxygen atoms in total. The van der Waals surface area contributed by atoms with Crippen LogP contribution in [0.4, 0.5) is 0 Å². The predicted molar refractivity (Wildman–Crippen MR) is 76.6 cm³/mol. The van der Waals surface area contributed by atoms with Gasteiger partial charge in [-0.05, 0) is 39.3 Å². The minimum Gasteiger partial charge on any atom is -0.303 e. The zero-order chi connectivity index (χ0) is 12.0. The van der Waals surface area contributed by atoms with Gasteiger partial charge in [-0.3, -0.25) is 0 Å². The number of hydrogen-bond acceptors (Lipinski definition) is 1. The SMILES string of the molecule is C=C(C)[SiH](CC)C(CC)N1CCCCCC1. The van der Waals surface area contributed by atoms with Gasteiger partial charge in [-0.2, -0.15) is 0 Å². The molecule has 0 spiro atoms. The predicted octanol–water partition coefficient (Wildman–Crippen LogP) is 3.54. The van der Waals surface area contributed by atoms with Gasteiger partial charge in [0, 0.05) is 5.67 Å². The highest BCUT2D eigenvalue weighted by molar-refractivity contribution is 6.67. The number of rotatable bonds is 5. The van der Waals surface area contributed by atoms with Crippen molar-refractivity contribution in [2.45, 2.75) is 64.6 Å². The molecule has 0 saturated carbocycles. The van der Waals surface area contributed by atoms with Gasteiger partial charge >= 0.3 is 0 Å². The van der Waals surface area contributed by atoms with Crippen molar-refractivity contribution < 1.29 is 0 Å². The fraction of sp³-hybridized carbons (Fsp3) is 0.857. The van der Waals surface area contributed by atoms with Gasteiger partial charge in [0.25, 0.3) is 0 Å². The number of allylic oxidation sites excluding steroid dienone is 1. The van der Waals surface area contributed by atoms with Crippen molar-refractivity contribution in [3.63, 3.8) is 0 Å². The molecule has 2 atom stereocenters. The third-order valence-corrected chi connectivity index (χ3v) is 8.03. The van der Waals surface area contributed by atoms with Crippen LogP contribution in [-0.2, 0) is 0 Å². The summed E-state index contributed by atoms with van der Waals surface area (Å²) in [4.78, 5) is 2.79. The molecule has 16 heavy (non-hydrogen) atoms. The first-order valence-electron chi connectivity index (χ1n) is 7.10. The van der Waals surface area contributed by atoms with E-state index in [0.29, 0.717) is 0 Å². The molecule has 0 aromatic carbocycles. The Kier molecular flexibility index (Phi) is 6.36. The second-order valence-electron chi connectivity index (χ2n) is 5.29. The van der Waals surface area contributed by atoms with Crippen LogP contribution in [0.2, 0.25) is 6.04 Å². The number of hydrogen-bond donors (Lipinski definition) is 0. The summed E-state index contributed by atoms with van der Waals surface area (Å²) in [5.41, 5.74) is 0.876. The molecule has 1 aliphatic heterocycles. The molecule has 1 heterocycles. The topological polar surface area (TPSA) is 3.24 Å². The molecule has 2 heteroatoms. The highest BCUT2D eigenvalue weighted by Gasteiger charge is 2.26. The zero-order valence-corrected chi connectivity index (χ0v) is 12.6. The Morgan fingerprint density at radius 3 is 2.12 bits per heavy atom. The fourth-order valence-electron chi connectivity index (χ4n) is 3.17. The lowest BCUT2D eigenvalue weighted by atomic mass is 10.2. The Morgan fingerprint density at radius 1 is 1.19 bits per heavy atom. The van der Waals surface area contributed by atoms with E-state index < -0.39 is 8.80 Å². The van der Waals surface area contributed by atoms with E-state index in [1.807, 2.05) is 0 Å². The summed E-state index contributed by atoms with van der Waals surface area (Å²) in [5.74, 6) is 0. The van der Waals surface area contributed by atoms with Crippen LogP contribution in [0.15, 0.2) is 11.8 Å². The summed E-state index contributed by atoms with van der Waals surface area (Å²) in [6.45, 7) is 13.9. The molecular formula is C14H29NSi. The minimum absolute atomic E-state index is 0.763. The molecule has 1 rings (SSSR count). The second kappa shape index (κ2) is 7.28. The van der Waals surface area contributed by atoms with Crippen molar-refractivity contribution in [3.05, 3.63) is 11.8 Å². The normalized spacial score (nSPS) is 22.4. The van der Waals surface area contributed by atoms with Gasteiger partial charge in [0.2, 0.25) is 0 Å². The van der Waals surface area contributed by atoms with Crippen molar-refractivity contribution in [2.24, 2.45) is 0 Å². The molecule has 2 unspecified atom stereocenters. The van der Waals surface area contributed by atoms with Crippen molar-refractivity contribution in [1.29, 1.82) is 0 Å². The van der Waals surface area contributed by atoms with E-state index in [1.54, 1.807) is 0 Å². The van der Waals surface area contributed by atoms with Gasteiger partial charge in [0.15, 0.2) is 0 Å². The molecule has 1 saturated heterocycles. The molecule has 0 amide bonds. The Morgan fingerprint density at radius 2 is 1.75 bits per heavy atom.